The molecule has 2 aromatic heterocycles. The fraction of sp³-hybridized carbons (Fsp3) is 0.224. The van der Waals surface area contributed by atoms with Crippen LogP contribution in [0, 0.1) is 50.3 Å². The Morgan fingerprint density at radius 3 is 1.84 bits per heavy atom. The molecule has 0 atom stereocenters. The van der Waals surface area contributed by atoms with Gasteiger partial charge >= 0.3 is 0 Å². The first-order chi connectivity index (χ1) is 32.4. The molecule has 69 heavy (non-hydrogen) atoms. The van der Waals surface area contributed by atoms with Crippen molar-refractivity contribution >= 4 is 39.8 Å². The van der Waals surface area contributed by atoms with Crippen LogP contribution in [0.5, 0.6) is 11.5 Å². The van der Waals surface area contributed by atoms with Gasteiger partial charge in [0.15, 0.2) is 0 Å². The van der Waals surface area contributed by atoms with Crippen LogP contribution in [-0.4, -0.2) is 35.0 Å². The summed E-state index contributed by atoms with van der Waals surface area (Å²) in [4.78, 5) is 21.8. The summed E-state index contributed by atoms with van der Waals surface area (Å²) >= 11 is 0. The molecular weight excluding hydrogens is 1210 g/mol. The Morgan fingerprint density at radius 2 is 1.17 bits per heavy atom. The minimum Gasteiger partial charge on any atom is -0.510 e. The van der Waals surface area contributed by atoms with Gasteiger partial charge < -0.3 is 44.1 Å². The van der Waals surface area contributed by atoms with Crippen molar-refractivity contribution in [3.05, 3.63) is 208 Å². The van der Waals surface area contributed by atoms with Crippen LogP contribution in [-0.2, 0) is 52.0 Å². The number of hydrogen-bond acceptors (Lipinski definition) is 9. The van der Waals surface area contributed by atoms with Crippen LogP contribution in [0.15, 0.2) is 146 Å². The first-order valence-corrected chi connectivity index (χ1v) is 22.9. The minimum absolute atomic E-state index is 0. The summed E-state index contributed by atoms with van der Waals surface area (Å²) < 4.78 is 6.01. The Balaban J connectivity index is 0.000000204. The Labute approximate surface area is 438 Å². The number of nitrogens with zero attached hydrogens (tertiary/aromatic N) is 8. The van der Waals surface area contributed by atoms with E-state index in [2.05, 4.69) is 210 Å². The topological polar surface area (TPSA) is 54.5 Å². The maximum atomic E-state index is 6.01. The summed E-state index contributed by atoms with van der Waals surface area (Å²) in [7, 11) is 2.03. The van der Waals surface area contributed by atoms with Crippen LogP contribution < -0.4 is 29.2 Å². The smallest absolute Gasteiger partial charge is 0.0326 e. The molecule has 3 aliphatic rings. The van der Waals surface area contributed by atoms with E-state index >= 15 is 0 Å². The molecule has 5 heterocycles. The van der Waals surface area contributed by atoms with Crippen molar-refractivity contribution < 1.29 is 45.9 Å². The quantitative estimate of drug-likeness (QED) is 0.0931. The molecule has 10 rings (SSSR count). The van der Waals surface area contributed by atoms with E-state index in [1.807, 2.05) is 50.1 Å². The molecule has 7 aromatic rings. The van der Waals surface area contributed by atoms with Crippen molar-refractivity contribution in [2.24, 2.45) is 0 Å². The van der Waals surface area contributed by atoms with Gasteiger partial charge in [0.25, 0.3) is 0 Å². The molecule has 5 aromatic carbocycles. The molecule has 9 nitrogen and oxygen atoms in total. The van der Waals surface area contributed by atoms with Crippen molar-refractivity contribution in [3.63, 3.8) is 0 Å². The van der Waals surface area contributed by atoms with E-state index in [0.29, 0.717) is 22.9 Å². The van der Waals surface area contributed by atoms with Crippen molar-refractivity contribution in [1.82, 2.24) is 14.9 Å². The standard InChI is InChI=1S/C34H40N4.C24H16N4O.Ir.Pt/c1-33(2,3)27-13-17-29(18-14-27)36-24-23-35(25-36)21-9-10-22-37-26-38(32-12-8-7-11-31(32)37)30-19-15-28(16-20-30)34(4,5)6;1-27-17-28(24-11-3-2-10-23(24)27)18-7-6-8-19(15-18)29-20-12-14-26-22(16-20)21-9-4-5-13-25-21;;/h7-8,11-17,19,23-26H,9-10,21-22H2,1-6H3;2-8,10-14,17H,1H3;;/q2*-4;;. The van der Waals surface area contributed by atoms with Crippen molar-refractivity contribution in [3.8, 4) is 22.9 Å². The van der Waals surface area contributed by atoms with Crippen molar-refractivity contribution in [2.75, 3.05) is 44.6 Å². The number of rotatable bonds is 11. The number of ether oxygens (including phenoxy) is 1. The number of benzene rings is 5. The number of fused-ring (bicyclic) bond motifs is 2. The molecule has 0 saturated carbocycles. The van der Waals surface area contributed by atoms with E-state index in [9.17, 15) is 0 Å². The molecule has 1 radical (unpaired) electrons. The van der Waals surface area contributed by atoms with Gasteiger partial charge in [0.1, 0.15) is 0 Å². The van der Waals surface area contributed by atoms with E-state index < -0.39 is 0 Å². The number of aromatic nitrogens is 2. The third kappa shape index (κ3) is 12.1. The first kappa shape index (κ1) is 50.9. The maximum absolute atomic E-state index is 6.01. The Hall–Kier alpha value is -5.92. The SMILES string of the molecule is CC(C)(C)c1c[c-]c(N2C=CN(CCCCN3[CH-]N(c4[c-]cc(C(C)(C)C)cc4)c4ccccc43)[CH-]2)cc1.CN1[CH-]N(c2[c-]c(Oc3[c-]c(-c4[c-]cccn4)ncc3)ccc2)c2ccccc21.[Ir].[Pt]. The Morgan fingerprint density at radius 1 is 0.551 bits per heavy atom. The van der Waals surface area contributed by atoms with Crippen LogP contribution in [0.3, 0.4) is 0 Å². The summed E-state index contributed by atoms with van der Waals surface area (Å²) in [5, 5.41) is 0. The maximum Gasteiger partial charge on any atom is 0.0326 e. The molecule has 0 saturated heterocycles. The van der Waals surface area contributed by atoms with Crippen molar-refractivity contribution in [2.45, 2.75) is 65.2 Å². The van der Waals surface area contributed by atoms with Crippen LogP contribution >= 0.6 is 0 Å². The molecule has 0 amide bonds. The second-order valence-electron chi connectivity index (χ2n) is 18.9. The molecule has 0 aliphatic carbocycles. The zero-order valence-electron chi connectivity index (χ0n) is 40.1. The monoisotopic (exact) mass is 1270 g/mol. The van der Waals surface area contributed by atoms with E-state index in [1.165, 1.54) is 22.5 Å². The fourth-order valence-electron chi connectivity index (χ4n) is 8.08. The molecule has 361 valence electrons. The number of unbranched alkanes of at least 4 members (excludes halogenated alkanes) is 1. The number of hydrogen-bond donors (Lipinski definition) is 0. The normalized spacial score (nSPS) is 13.9. The molecule has 0 bridgehead atoms. The van der Waals surface area contributed by atoms with Gasteiger partial charge in [0.05, 0.1) is 0 Å². The van der Waals surface area contributed by atoms with Gasteiger partial charge in [-0.05, 0) is 82.0 Å². The van der Waals surface area contributed by atoms with Gasteiger partial charge in [0.2, 0.25) is 0 Å². The zero-order valence-corrected chi connectivity index (χ0v) is 44.7. The van der Waals surface area contributed by atoms with E-state index in [1.54, 1.807) is 24.5 Å². The second kappa shape index (κ2) is 22.2. The second-order valence-corrected chi connectivity index (χ2v) is 18.9. The van der Waals surface area contributed by atoms with E-state index in [0.717, 1.165) is 54.4 Å². The summed E-state index contributed by atoms with van der Waals surface area (Å²) in [5.74, 6) is 1.15. The van der Waals surface area contributed by atoms with Crippen molar-refractivity contribution in [1.29, 1.82) is 0 Å². The summed E-state index contributed by atoms with van der Waals surface area (Å²) in [6.07, 6.45) is 9.87. The van der Waals surface area contributed by atoms with Gasteiger partial charge in [-0.15, -0.1) is 70.9 Å². The summed E-state index contributed by atoms with van der Waals surface area (Å²) in [6, 6.07) is 57.6. The molecule has 0 unspecified atom stereocenters. The summed E-state index contributed by atoms with van der Waals surface area (Å²) in [5.41, 5.74) is 11.9. The average molecular weight is 1270 g/mol. The third-order valence-corrected chi connectivity index (χ3v) is 11.9. The number of para-hydroxylation sites is 4. The zero-order chi connectivity index (χ0) is 46.5. The van der Waals surface area contributed by atoms with Gasteiger partial charge in [-0.25, -0.2) is 6.07 Å². The Bertz CT molecular complexity index is 2790. The minimum atomic E-state index is 0. The van der Waals surface area contributed by atoms with Crippen LogP contribution in [0.25, 0.3) is 11.4 Å². The van der Waals surface area contributed by atoms with Gasteiger partial charge in [-0.3, -0.25) is 0 Å². The molecule has 0 fully saturated rings. The molecule has 3 aliphatic heterocycles. The first-order valence-electron chi connectivity index (χ1n) is 22.9. The average Bonchev–Trinajstić information content (AvgIpc) is 4.07. The molecule has 0 N–H and O–H groups in total. The molecular formula is C58H56IrN8OPt-8. The van der Waals surface area contributed by atoms with E-state index in [4.69, 9.17) is 4.74 Å². The predicted molar refractivity (Wildman–Crippen MR) is 272 cm³/mol. The Kier molecular flexibility index (Phi) is 16.4. The number of anilines is 7. The van der Waals surface area contributed by atoms with Crippen LogP contribution in [0.1, 0.15) is 65.5 Å². The van der Waals surface area contributed by atoms with Gasteiger partial charge in [0, 0.05) is 75.4 Å². The predicted octanol–water partition coefficient (Wildman–Crippen LogP) is 13.2. The third-order valence-electron chi connectivity index (χ3n) is 11.9. The number of pyridine rings is 2. The summed E-state index contributed by atoms with van der Waals surface area (Å²) in [6.45, 7) is 21.8. The van der Waals surface area contributed by atoms with Gasteiger partial charge in [-0.1, -0.05) is 76.6 Å². The van der Waals surface area contributed by atoms with E-state index in [-0.39, 0.29) is 52.0 Å². The van der Waals surface area contributed by atoms with Crippen LogP contribution in [0.4, 0.5) is 39.8 Å². The molecule has 0 spiro atoms. The van der Waals surface area contributed by atoms with Gasteiger partial charge in [-0.2, -0.15) is 85.7 Å². The fourth-order valence-corrected chi connectivity index (χ4v) is 8.08. The molecule has 11 heteroatoms. The largest absolute Gasteiger partial charge is 0.510 e. The van der Waals surface area contributed by atoms with Crippen LogP contribution in [0.2, 0.25) is 0 Å².